The predicted molar refractivity (Wildman–Crippen MR) is 112 cm³/mol. The molecule has 1 N–H and O–H groups in total. The van der Waals surface area contributed by atoms with Crippen LogP contribution in [-0.2, 0) is 4.79 Å². The largest absolute Gasteiger partial charge is 0.372 e. The van der Waals surface area contributed by atoms with Crippen LogP contribution in [0.4, 0.5) is 11.4 Å². The Morgan fingerprint density at radius 3 is 2.19 bits per heavy atom. The summed E-state index contributed by atoms with van der Waals surface area (Å²) in [5.74, 6) is -0.378. The van der Waals surface area contributed by atoms with Crippen LogP contribution < -0.4 is 10.2 Å². The SMILES string of the molecule is CCN(CC)c1ccc(C(=O)N(C)CC(=O)Nc2cc(C)ccc2C)cc1. The molecule has 0 saturated carbocycles. The third kappa shape index (κ3) is 5.33. The lowest BCUT2D eigenvalue weighted by Crippen LogP contribution is -2.35. The summed E-state index contributed by atoms with van der Waals surface area (Å²) in [5, 5.41) is 2.89. The standard InChI is InChI=1S/C22H29N3O2/c1-6-25(7-2)19-12-10-18(11-13-19)22(27)24(5)15-21(26)23-20-14-16(3)8-9-17(20)4/h8-14H,6-7,15H2,1-5H3,(H,23,26). The maximum Gasteiger partial charge on any atom is 0.254 e. The van der Waals surface area contributed by atoms with E-state index in [1.165, 1.54) is 4.90 Å². The van der Waals surface area contributed by atoms with Gasteiger partial charge in [-0.2, -0.15) is 0 Å². The molecule has 0 bridgehead atoms. The fourth-order valence-electron chi connectivity index (χ4n) is 2.97. The molecule has 0 radical (unpaired) electrons. The normalized spacial score (nSPS) is 10.4. The molecule has 27 heavy (non-hydrogen) atoms. The topological polar surface area (TPSA) is 52.7 Å². The Labute approximate surface area is 162 Å². The van der Waals surface area contributed by atoms with Gasteiger partial charge < -0.3 is 15.1 Å². The first kappa shape index (κ1) is 20.5. The molecule has 2 aromatic carbocycles. The number of nitrogens with zero attached hydrogens (tertiary/aromatic N) is 2. The van der Waals surface area contributed by atoms with Gasteiger partial charge in [0.2, 0.25) is 5.91 Å². The monoisotopic (exact) mass is 367 g/mol. The summed E-state index contributed by atoms with van der Waals surface area (Å²) in [4.78, 5) is 28.6. The summed E-state index contributed by atoms with van der Waals surface area (Å²) in [7, 11) is 1.64. The molecule has 5 heteroatoms. The van der Waals surface area contributed by atoms with E-state index in [1.54, 1.807) is 7.05 Å². The molecule has 0 aliphatic carbocycles. The number of nitrogens with one attached hydrogen (secondary N) is 1. The van der Waals surface area contributed by atoms with Crippen LogP contribution >= 0.6 is 0 Å². The number of hydrogen-bond acceptors (Lipinski definition) is 3. The predicted octanol–water partition coefficient (Wildman–Crippen LogP) is 3.86. The van der Waals surface area contributed by atoms with Gasteiger partial charge in [-0.1, -0.05) is 12.1 Å². The van der Waals surface area contributed by atoms with Gasteiger partial charge in [-0.15, -0.1) is 0 Å². The van der Waals surface area contributed by atoms with Gasteiger partial charge in [-0.05, 0) is 69.2 Å². The van der Waals surface area contributed by atoms with E-state index in [1.807, 2.05) is 56.3 Å². The van der Waals surface area contributed by atoms with Crippen LogP contribution in [0.5, 0.6) is 0 Å². The molecule has 0 heterocycles. The highest BCUT2D eigenvalue weighted by Crippen LogP contribution is 2.17. The summed E-state index contributed by atoms with van der Waals surface area (Å²) in [6.07, 6.45) is 0. The lowest BCUT2D eigenvalue weighted by molar-refractivity contribution is -0.116. The second-order valence-corrected chi connectivity index (χ2v) is 6.75. The Morgan fingerprint density at radius 1 is 0.963 bits per heavy atom. The highest BCUT2D eigenvalue weighted by atomic mass is 16.2. The van der Waals surface area contributed by atoms with Gasteiger partial charge in [0.15, 0.2) is 0 Å². The Balaban J connectivity index is 2.00. The first-order chi connectivity index (χ1) is 12.8. The van der Waals surface area contributed by atoms with Crippen LogP contribution in [0.15, 0.2) is 42.5 Å². The van der Waals surface area contributed by atoms with Gasteiger partial charge in [-0.3, -0.25) is 9.59 Å². The van der Waals surface area contributed by atoms with Crippen molar-refractivity contribution in [2.24, 2.45) is 0 Å². The molecule has 0 spiro atoms. The van der Waals surface area contributed by atoms with Gasteiger partial charge in [0, 0.05) is 37.1 Å². The highest BCUT2D eigenvalue weighted by molar-refractivity contribution is 5.99. The van der Waals surface area contributed by atoms with E-state index >= 15 is 0 Å². The smallest absolute Gasteiger partial charge is 0.254 e. The molecule has 0 atom stereocenters. The van der Waals surface area contributed by atoms with Crippen LogP contribution in [0.25, 0.3) is 0 Å². The van der Waals surface area contributed by atoms with E-state index in [0.29, 0.717) is 5.56 Å². The van der Waals surface area contributed by atoms with Crippen LogP contribution in [0.1, 0.15) is 35.3 Å². The quantitative estimate of drug-likeness (QED) is 0.808. The summed E-state index contributed by atoms with van der Waals surface area (Å²) in [6, 6.07) is 13.4. The Morgan fingerprint density at radius 2 is 1.59 bits per heavy atom. The minimum Gasteiger partial charge on any atom is -0.372 e. The first-order valence-corrected chi connectivity index (χ1v) is 9.33. The third-order valence-corrected chi connectivity index (χ3v) is 4.64. The number of benzene rings is 2. The van der Waals surface area contributed by atoms with Crippen molar-refractivity contribution in [1.82, 2.24) is 4.90 Å². The number of likely N-dealkylation sites (N-methyl/N-ethyl adjacent to an activating group) is 1. The third-order valence-electron chi connectivity index (χ3n) is 4.64. The second kappa shape index (κ2) is 9.21. The molecule has 2 rings (SSSR count). The average molecular weight is 367 g/mol. The van der Waals surface area contributed by atoms with E-state index in [9.17, 15) is 9.59 Å². The van der Waals surface area contributed by atoms with E-state index in [-0.39, 0.29) is 18.4 Å². The molecule has 0 fully saturated rings. The maximum atomic E-state index is 12.6. The van der Waals surface area contributed by atoms with E-state index in [4.69, 9.17) is 0 Å². The van der Waals surface area contributed by atoms with Crippen LogP contribution in [0.2, 0.25) is 0 Å². The Kier molecular flexibility index (Phi) is 6.99. The molecule has 0 aromatic heterocycles. The fraction of sp³-hybridized carbons (Fsp3) is 0.364. The Hall–Kier alpha value is -2.82. The van der Waals surface area contributed by atoms with Gasteiger partial charge in [-0.25, -0.2) is 0 Å². The zero-order chi connectivity index (χ0) is 20.0. The van der Waals surface area contributed by atoms with Gasteiger partial charge in [0.05, 0.1) is 6.54 Å². The summed E-state index contributed by atoms with van der Waals surface area (Å²) in [6.45, 7) is 9.97. The van der Waals surface area contributed by atoms with Crippen LogP contribution in [0, 0.1) is 13.8 Å². The number of aryl methyl sites for hydroxylation is 2. The lowest BCUT2D eigenvalue weighted by Gasteiger charge is -2.22. The number of anilines is 2. The van der Waals surface area contributed by atoms with Crippen molar-refractivity contribution in [3.63, 3.8) is 0 Å². The number of amides is 2. The molecule has 0 saturated heterocycles. The van der Waals surface area contributed by atoms with Crippen molar-refractivity contribution in [1.29, 1.82) is 0 Å². The molecule has 5 nitrogen and oxygen atoms in total. The number of rotatable bonds is 7. The van der Waals surface area contributed by atoms with E-state index in [0.717, 1.165) is 35.6 Å². The van der Waals surface area contributed by atoms with Crippen molar-refractivity contribution in [3.8, 4) is 0 Å². The molecule has 144 valence electrons. The minimum atomic E-state index is -0.209. The number of hydrogen-bond donors (Lipinski definition) is 1. The number of carbonyl (C=O) groups excluding carboxylic acids is 2. The first-order valence-electron chi connectivity index (χ1n) is 9.33. The van der Waals surface area contributed by atoms with Gasteiger partial charge >= 0.3 is 0 Å². The highest BCUT2D eigenvalue weighted by Gasteiger charge is 2.16. The summed E-state index contributed by atoms with van der Waals surface area (Å²) in [5.41, 5.74) is 4.52. The van der Waals surface area contributed by atoms with Gasteiger partial charge in [0.1, 0.15) is 0 Å². The fourth-order valence-corrected chi connectivity index (χ4v) is 2.97. The minimum absolute atomic E-state index is 0.00398. The van der Waals surface area contributed by atoms with Gasteiger partial charge in [0.25, 0.3) is 5.91 Å². The molecule has 2 amide bonds. The van der Waals surface area contributed by atoms with Crippen molar-refractivity contribution in [3.05, 3.63) is 59.2 Å². The molecule has 0 aliphatic rings. The Bertz CT molecular complexity index is 796. The molecule has 0 unspecified atom stereocenters. The lowest BCUT2D eigenvalue weighted by atomic mass is 10.1. The second-order valence-electron chi connectivity index (χ2n) is 6.75. The van der Waals surface area contributed by atoms with Crippen LogP contribution in [-0.4, -0.2) is 43.4 Å². The zero-order valence-electron chi connectivity index (χ0n) is 16.9. The van der Waals surface area contributed by atoms with E-state index < -0.39 is 0 Å². The van der Waals surface area contributed by atoms with Crippen molar-refractivity contribution in [2.45, 2.75) is 27.7 Å². The zero-order valence-corrected chi connectivity index (χ0v) is 16.9. The van der Waals surface area contributed by atoms with Crippen LogP contribution in [0.3, 0.4) is 0 Å². The van der Waals surface area contributed by atoms with Crippen molar-refractivity contribution >= 4 is 23.2 Å². The molecular weight excluding hydrogens is 338 g/mol. The summed E-state index contributed by atoms with van der Waals surface area (Å²) >= 11 is 0. The van der Waals surface area contributed by atoms with E-state index in [2.05, 4.69) is 24.1 Å². The van der Waals surface area contributed by atoms with Crippen molar-refractivity contribution in [2.75, 3.05) is 36.9 Å². The number of carbonyl (C=O) groups is 2. The molecule has 2 aromatic rings. The molecule has 0 aliphatic heterocycles. The van der Waals surface area contributed by atoms with Crippen molar-refractivity contribution < 1.29 is 9.59 Å². The average Bonchev–Trinajstić information content (AvgIpc) is 2.65. The summed E-state index contributed by atoms with van der Waals surface area (Å²) < 4.78 is 0. The molecular formula is C22H29N3O2. The maximum absolute atomic E-state index is 12.6.